The van der Waals surface area contributed by atoms with E-state index in [2.05, 4.69) is 6.92 Å². The molecule has 1 unspecified atom stereocenters. The third-order valence-corrected chi connectivity index (χ3v) is 3.84. The Labute approximate surface area is 78.9 Å². The predicted octanol–water partition coefficient (Wildman–Crippen LogP) is 1.23. The van der Waals surface area contributed by atoms with Crippen LogP contribution in [0.3, 0.4) is 0 Å². The summed E-state index contributed by atoms with van der Waals surface area (Å²) in [6, 6.07) is 0. The lowest BCUT2D eigenvalue weighted by atomic mass is 9.99. The van der Waals surface area contributed by atoms with Crippen molar-refractivity contribution in [2.45, 2.75) is 31.7 Å². The average molecular weight is 189 g/mol. The van der Waals surface area contributed by atoms with Crippen LogP contribution in [0.25, 0.3) is 0 Å². The van der Waals surface area contributed by atoms with Crippen molar-refractivity contribution in [3.8, 4) is 0 Å². The number of aliphatic hydroxyl groups excluding tert-OH is 1. The summed E-state index contributed by atoms with van der Waals surface area (Å²) in [5, 5.41) is 9.16. The summed E-state index contributed by atoms with van der Waals surface area (Å²) >= 11 is 1.87. The van der Waals surface area contributed by atoms with E-state index in [0.29, 0.717) is 5.92 Å². The van der Waals surface area contributed by atoms with Gasteiger partial charge in [-0.3, -0.25) is 0 Å². The van der Waals surface area contributed by atoms with Crippen molar-refractivity contribution < 1.29 is 5.11 Å². The Morgan fingerprint density at radius 1 is 1.58 bits per heavy atom. The number of hydrogen-bond donors (Lipinski definition) is 2. The number of hydrogen-bond acceptors (Lipinski definition) is 3. The topological polar surface area (TPSA) is 46.2 Å². The monoisotopic (exact) mass is 189 g/mol. The first-order valence-corrected chi connectivity index (χ1v) is 5.86. The minimum Gasteiger partial charge on any atom is -0.394 e. The van der Waals surface area contributed by atoms with Gasteiger partial charge in [-0.05, 0) is 30.9 Å². The molecule has 1 rings (SSSR count). The number of nitrogens with two attached hydrogens (primary N) is 1. The molecule has 3 heteroatoms. The van der Waals surface area contributed by atoms with Gasteiger partial charge in [-0.2, -0.15) is 11.8 Å². The first-order valence-electron chi connectivity index (χ1n) is 4.70. The Kier molecular flexibility index (Phi) is 3.87. The molecule has 0 aromatic rings. The zero-order valence-electron chi connectivity index (χ0n) is 7.75. The molecule has 1 aliphatic rings. The van der Waals surface area contributed by atoms with E-state index in [-0.39, 0.29) is 12.1 Å². The van der Waals surface area contributed by atoms with Crippen molar-refractivity contribution in [2.24, 2.45) is 11.7 Å². The zero-order chi connectivity index (χ0) is 9.03. The van der Waals surface area contributed by atoms with Gasteiger partial charge in [-0.25, -0.2) is 0 Å². The van der Waals surface area contributed by atoms with Gasteiger partial charge < -0.3 is 10.8 Å². The second-order valence-corrected chi connectivity index (χ2v) is 4.82. The van der Waals surface area contributed by atoms with E-state index in [1.165, 1.54) is 19.3 Å². The Hall–Kier alpha value is 0.270. The van der Waals surface area contributed by atoms with Gasteiger partial charge in [0.1, 0.15) is 0 Å². The van der Waals surface area contributed by atoms with E-state index in [4.69, 9.17) is 10.8 Å². The maximum atomic E-state index is 9.16. The van der Waals surface area contributed by atoms with Crippen LogP contribution in [0.1, 0.15) is 26.2 Å². The third kappa shape index (κ3) is 2.64. The first kappa shape index (κ1) is 10.4. The average Bonchev–Trinajstić information content (AvgIpc) is 2.87. The summed E-state index contributed by atoms with van der Waals surface area (Å²) in [5.74, 6) is 2.67. The SMILES string of the molecule is CCCSCC(N)(CO)C1CC1. The maximum absolute atomic E-state index is 9.16. The fourth-order valence-electron chi connectivity index (χ4n) is 1.36. The number of thioether (sulfide) groups is 1. The summed E-state index contributed by atoms with van der Waals surface area (Å²) in [6.07, 6.45) is 3.62. The van der Waals surface area contributed by atoms with Crippen LogP contribution in [-0.4, -0.2) is 28.8 Å². The van der Waals surface area contributed by atoms with E-state index in [9.17, 15) is 0 Å². The Morgan fingerprint density at radius 2 is 2.25 bits per heavy atom. The van der Waals surface area contributed by atoms with Crippen LogP contribution in [0.5, 0.6) is 0 Å². The molecule has 0 aromatic carbocycles. The van der Waals surface area contributed by atoms with Crippen molar-refractivity contribution in [1.29, 1.82) is 0 Å². The minimum absolute atomic E-state index is 0.147. The molecule has 1 saturated carbocycles. The largest absolute Gasteiger partial charge is 0.394 e. The lowest BCUT2D eigenvalue weighted by molar-refractivity contribution is 0.194. The standard InChI is InChI=1S/C9H19NOS/c1-2-5-12-7-9(10,6-11)8-3-4-8/h8,11H,2-7,10H2,1H3. The van der Waals surface area contributed by atoms with Crippen LogP contribution in [0, 0.1) is 5.92 Å². The molecule has 0 heterocycles. The molecule has 0 saturated heterocycles. The molecule has 1 atom stereocenters. The number of aliphatic hydroxyl groups is 1. The molecule has 0 amide bonds. The van der Waals surface area contributed by atoms with Crippen LogP contribution in [0.4, 0.5) is 0 Å². The zero-order valence-corrected chi connectivity index (χ0v) is 8.57. The first-order chi connectivity index (χ1) is 5.73. The fourth-order valence-corrected chi connectivity index (χ4v) is 2.50. The smallest absolute Gasteiger partial charge is 0.0622 e. The normalized spacial score (nSPS) is 22.2. The van der Waals surface area contributed by atoms with Gasteiger partial charge >= 0.3 is 0 Å². The van der Waals surface area contributed by atoms with Crippen LogP contribution >= 0.6 is 11.8 Å². The summed E-state index contributed by atoms with van der Waals surface area (Å²) in [7, 11) is 0. The van der Waals surface area contributed by atoms with Gasteiger partial charge in [-0.15, -0.1) is 0 Å². The van der Waals surface area contributed by atoms with Gasteiger partial charge in [0.25, 0.3) is 0 Å². The lowest BCUT2D eigenvalue weighted by Gasteiger charge is -2.26. The summed E-state index contributed by atoms with van der Waals surface area (Å²) in [5.41, 5.74) is 5.79. The van der Waals surface area contributed by atoms with Crippen molar-refractivity contribution >= 4 is 11.8 Å². The molecule has 0 bridgehead atoms. The highest BCUT2D eigenvalue weighted by molar-refractivity contribution is 7.99. The minimum atomic E-state index is -0.278. The maximum Gasteiger partial charge on any atom is 0.0622 e. The van der Waals surface area contributed by atoms with E-state index in [1.54, 1.807) is 0 Å². The molecular weight excluding hydrogens is 170 g/mol. The second-order valence-electron chi connectivity index (χ2n) is 3.72. The molecule has 12 heavy (non-hydrogen) atoms. The Balaban J connectivity index is 2.23. The van der Waals surface area contributed by atoms with Crippen LogP contribution < -0.4 is 5.73 Å². The van der Waals surface area contributed by atoms with Crippen LogP contribution in [0.15, 0.2) is 0 Å². The van der Waals surface area contributed by atoms with Crippen molar-refractivity contribution in [1.82, 2.24) is 0 Å². The number of rotatable bonds is 6. The molecular formula is C9H19NOS. The molecule has 3 N–H and O–H groups in total. The third-order valence-electron chi connectivity index (χ3n) is 2.40. The van der Waals surface area contributed by atoms with Crippen LogP contribution in [0.2, 0.25) is 0 Å². The van der Waals surface area contributed by atoms with Crippen LogP contribution in [-0.2, 0) is 0 Å². The molecule has 2 nitrogen and oxygen atoms in total. The molecule has 1 fully saturated rings. The van der Waals surface area contributed by atoms with Gasteiger partial charge in [0.05, 0.1) is 12.1 Å². The van der Waals surface area contributed by atoms with Crippen molar-refractivity contribution in [3.63, 3.8) is 0 Å². The van der Waals surface area contributed by atoms with E-state index >= 15 is 0 Å². The van der Waals surface area contributed by atoms with E-state index in [1.807, 2.05) is 11.8 Å². The predicted molar refractivity (Wildman–Crippen MR) is 54.3 cm³/mol. The highest BCUT2D eigenvalue weighted by atomic mass is 32.2. The van der Waals surface area contributed by atoms with Gasteiger partial charge in [-0.1, -0.05) is 6.92 Å². The fraction of sp³-hybridized carbons (Fsp3) is 1.00. The lowest BCUT2D eigenvalue weighted by Crippen LogP contribution is -2.48. The molecule has 0 radical (unpaired) electrons. The summed E-state index contributed by atoms with van der Waals surface area (Å²) < 4.78 is 0. The van der Waals surface area contributed by atoms with Crippen molar-refractivity contribution in [2.75, 3.05) is 18.1 Å². The molecule has 1 aliphatic carbocycles. The molecule has 0 aliphatic heterocycles. The molecule has 72 valence electrons. The van der Waals surface area contributed by atoms with E-state index < -0.39 is 0 Å². The Bertz CT molecular complexity index is 138. The van der Waals surface area contributed by atoms with Gasteiger partial charge in [0.2, 0.25) is 0 Å². The second kappa shape index (κ2) is 4.49. The highest BCUT2D eigenvalue weighted by Gasteiger charge is 2.41. The Morgan fingerprint density at radius 3 is 2.67 bits per heavy atom. The van der Waals surface area contributed by atoms with Crippen molar-refractivity contribution in [3.05, 3.63) is 0 Å². The van der Waals surface area contributed by atoms with Gasteiger partial charge in [0.15, 0.2) is 0 Å². The quantitative estimate of drug-likeness (QED) is 0.618. The highest BCUT2D eigenvalue weighted by Crippen LogP contribution is 2.39. The van der Waals surface area contributed by atoms with E-state index in [0.717, 1.165) is 11.5 Å². The summed E-state index contributed by atoms with van der Waals surface area (Å²) in [4.78, 5) is 0. The molecule has 0 aromatic heterocycles. The summed E-state index contributed by atoms with van der Waals surface area (Å²) in [6.45, 7) is 2.32. The van der Waals surface area contributed by atoms with Gasteiger partial charge in [0, 0.05) is 5.75 Å². The molecule has 0 spiro atoms.